The van der Waals surface area contributed by atoms with Crippen LogP contribution in [0.15, 0.2) is 53.6 Å². The second-order valence-corrected chi connectivity index (χ2v) is 11.4. The Morgan fingerprint density at radius 3 is 2.59 bits per heavy atom. The summed E-state index contributed by atoms with van der Waals surface area (Å²) >= 11 is 0. The molecule has 0 spiro atoms. The first-order chi connectivity index (χ1) is 15.9. The molecule has 4 aromatic rings. The summed E-state index contributed by atoms with van der Waals surface area (Å²) in [5.74, 6) is -0.239. The zero-order valence-corrected chi connectivity index (χ0v) is 20.0. The summed E-state index contributed by atoms with van der Waals surface area (Å²) in [5.41, 5.74) is 2.03. The first kappa shape index (κ1) is 22.1. The standard InChI is InChI=1S/C25H23N3O5S/c1-25(2,3)33-24(30)28-20-13-27-23(29)21(20)17-9-8-15-12-26-19(11-18(15)22(17)28)14-6-5-7-16(10-14)34(4,31)32/h5-12H,13H2,1-4H3,(H,27,29). The molecule has 34 heavy (non-hydrogen) atoms. The zero-order valence-electron chi connectivity index (χ0n) is 19.2. The van der Waals surface area contributed by atoms with Gasteiger partial charge < -0.3 is 10.1 Å². The van der Waals surface area contributed by atoms with Gasteiger partial charge in [0.05, 0.1) is 33.9 Å². The van der Waals surface area contributed by atoms with Crippen LogP contribution in [0.25, 0.3) is 32.9 Å². The number of fused-ring (bicyclic) bond motifs is 5. The molecule has 3 heterocycles. The molecule has 0 saturated heterocycles. The molecule has 2 aromatic heterocycles. The SMILES string of the molecule is CC(C)(C)OC(=O)n1c2c(c3ccc4cnc(-c5cccc(S(C)(=O)=O)c5)cc4c31)C(=O)NC2. The van der Waals surface area contributed by atoms with Crippen molar-refractivity contribution >= 4 is 43.5 Å². The van der Waals surface area contributed by atoms with Gasteiger partial charge in [0.2, 0.25) is 0 Å². The van der Waals surface area contributed by atoms with Crippen LogP contribution >= 0.6 is 0 Å². The fourth-order valence-electron chi connectivity index (χ4n) is 4.27. The Kier molecular flexibility index (Phi) is 4.80. The highest BCUT2D eigenvalue weighted by molar-refractivity contribution is 7.90. The molecular weight excluding hydrogens is 454 g/mol. The van der Waals surface area contributed by atoms with Crippen molar-refractivity contribution in [1.29, 1.82) is 0 Å². The molecule has 2 aromatic carbocycles. The van der Waals surface area contributed by atoms with Gasteiger partial charge in [-0.3, -0.25) is 9.78 Å². The average molecular weight is 478 g/mol. The number of benzene rings is 2. The Bertz CT molecular complexity index is 1630. The third-order valence-corrected chi connectivity index (χ3v) is 6.81. The van der Waals surface area contributed by atoms with Gasteiger partial charge in [-0.25, -0.2) is 17.8 Å². The first-order valence-corrected chi connectivity index (χ1v) is 12.6. The minimum Gasteiger partial charge on any atom is -0.443 e. The van der Waals surface area contributed by atoms with Gasteiger partial charge in [0.15, 0.2) is 9.84 Å². The quantitative estimate of drug-likeness (QED) is 0.462. The molecule has 0 atom stereocenters. The van der Waals surface area contributed by atoms with Crippen molar-refractivity contribution in [2.75, 3.05) is 6.26 Å². The third kappa shape index (κ3) is 3.62. The van der Waals surface area contributed by atoms with E-state index in [0.717, 1.165) is 11.6 Å². The Hall–Kier alpha value is -3.72. The van der Waals surface area contributed by atoms with Crippen molar-refractivity contribution in [3.05, 3.63) is 59.9 Å². The fourth-order valence-corrected chi connectivity index (χ4v) is 4.94. The molecule has 5 rings (SSSR count). The molecular formula is C25H23N3O5S. The lowest BCUT2D eigenvalue weighted by molar-refractivity contribution is 0.0540. The zero-order chi connectivity index (χ0) is 24.4. The van der Waals surface area contributed by atoms with Gasteiger partial charge in [0.1, 0.15) is 5.60 Å². The Morgan fingerprint density at radius 2 is 1.88 bits per heavy atom. The number of amides is 1. The molecule has 8 nitrogen and oxygen atoms in total. The van der Waals surface area contributed by atoms with Crippen molar-refractivity contribution in [1.82, 2.24) is 14.9 Å². The molecule has 1 amide bonds. The summed E-state index contributed by atoms with van der Waals surface area (Å²) in [6.07, 6.45) is 2.26. The Labute approximate surface area is 196 Å². The number of carbonyl (C=O) groups excluding carboxylic acids is 2. The summed E-state index contributed by atoms with van der Waals surface area (Å²) in [5, 5.41) is 4.91. The normalized spacial score (nSPS) is 13.8. The first-order valence-electron chi connectivity index (χ1n) is 10.7. The van der Waals surface area contributed by atoms with Crippen molar-refractivity contribution in [3.8, 4) is 11.3 Å². The van der Waals surface area contributed by atoms with Gasteiger partial charge in [-0.05, 0) is 39.0 Å². The average Bonchev–Trinajstić information content (AvgIpc) is 3.29. The van der Waals surface area contributed by atoms with Gasteiger partial charge in [0.25, 0.3) is 5.91 Å². The van der Waals surface area contributed by atoms with Crippen LogP contribution in [0.2, 0.25) is 0 Å². The maximum Gasteiger partial charge on any atom is 0.419 e. The molecule has 1 aliphatic rings. The predicted molar refractivity (Wildman–Crippen MR) is 129 cm³/mol. The molecule has 1 N–H and O–H groups in total. The van der Waals surface area contributed by atoms with E-state index in [1.807, 2.05) is 18.2 Å². The van der Waals surface area contributed by atoms with E-state index in [-0.39, 0.29) is 17.3 Å². The van der Waals surface area contributed by atoms with Crippen LogP contribution in [0.4, 0.5) is 4.79 Å². The van der Waals surface area contributed by atoms with Gasteiger partial charge in [-0.1, -0.05) is 24.3 Å². The highest BCUT2D eigenvalue weighted by atomic mass is 32.2. The number of nitrogens with zero attached hydrogens (tertiary/aromatic N) is 2. The van der Waals surface area contributed by atoms with E-state index in [9.17, 15) is 18.0 Å². The number of hydrogen-bond acceptors (Lipinski definition) is 6. The maximum atomic E-state index is 13.3. The number of pyridine rings is 1. The second-order valence-electron chi connectivity index (χ2n) is 9.37. The minimum atomic E-state index is -3.39. The Balaban J connectivity index is 1.80. The van der Waals surface area contributed by atoms with Crippen LogP contribution in [-0.4, -0.2) is 41.8 Å². The molecule has 9 heteroatoms. The molecule has 1 aliphatic heterocycles. The number of sulfone groups is 1. The lowest BCUT2D eigenvalue weighted by Gasteiger charge is -2.21. The van der Waals surface area contributed by atoms with Crippen LogP contribution in [0, 0.1) is 0 Å². The number of aromatic nitrogens is 2. The minimum absolute atomic E-state index is 0.192. The highest BCUT2D eigenvalue weighted by Gasteiger charge is 2.33. The summed E-state index contributed by atoms with van der Waals surface area (Å²) in [7, 11) is -3.39. The fraction of sp³-hybridized carbons (Fsp3) is 0.240. The lowest BCUT2D eigenvalue weighted by atomic mass is 10.0. The summed E-state index contributed by atoms with van der Waals surface area (Å²) in [4.78, 5) is 30.6. The summed E-state index contributed by atoms with van der Waals surface area (Å²) in [6, 6.07) is 12.0. The number of nitrogens with one attached hydrogen (secondary N) is 1. The molecule has 0 unspecified atom stereocenters. The van der Waals surface area contributed by atoms with Crippen LogP contribution < -0.4 is 5.32 Å². The van der Waals surface area contributed by atoms with E-state index >= 15 is 0 Å². The van der Waals surface area contributed by atoms with Gasteiger partial charge >= 0.3 is 6.09 Å². The third-order valence-electron chi connectivity index (χ3n) is 5.70. The summed E-state index contributed by atoms with van der Waals surface area (Å²) < 4.78 is 31.2. The lowest BCUT2D eigenvalue weighted by Crippen LogP contribution is -2.28. The van der Waals surface area contributed by atoms with Crippen LogP contribution in [0.5, 0.6) is 0 Å². The monoisotopic (exact) mass is 477 g/mol. The number of rotatable bonds is 2. The molecule has 0 fully saturated rings. The van der Waals surface area contributed by atoms with Crippen LogP contribution in [0.3, 0.4) is 0 Å². The predicted octanol–water partition coefficient (Wildman–Crippen LogP) is 4.29. The summed E-state index contributed by atoms with van der Waals surface area (Å²) in [6.45, 7) is 5.58. The van der Waals surface area contributed by atoms with Crippen molar-refractivity contribution in [3.63, 3.8) is 0 Å². The van der Waals surface area contributed by atoms with E-state index < -0.39 is 21.5 Å². The molecule has 0 aliphatic carbocycles. The van der Waals surface area contributed by atoms with Crippen molar-refractivity contribution < 1.29 is 22.7 Å². The van der Waals surface area contributed by atoms with E-state index in [1.165, 1.54) is 10.6 Å². The van der Waals surface area contributed by atoms with E-state index in [4.69, 9.17) is 4.74 Å². The van der Waals surface area contributed by atoms with Crippen molar-refractivity contribution in [2.24, 2.45) is 0 Å². The maximum absolute atomic E-state index is 13.3. The highest BCUT2D eigenvalue weighted by Crippen LogP contribution is 2.36. The van der Waals surface area contributed by atoms with Crippen molar-refractivity contribution in [2.45, 2.75) is 37.8 Å². The smallest absolute Gasteiger partial charge is 0.419 e. The van der Waals surface area contributed by atoms with E-state index in [1.54, 1.807) is 45.2 Å². The van der Waals surface area contributed by atoms with Crippen LogP contribution in [0.1, 0.15) is 36.8 Å². The number of hydrogen-bond donors (Lipinski definition) is 1. The van der Waals surface area contributed by atoms with Gasteiger partial charge in [-0.2, -0.15) is 0 Å². The molecule has 0 saturated carbocycles. The van der Waals surface area contributed by atoms with Gasteiger partial charge in [0, 0.05) is 34.2 Å². The van der Waals surface area contributed by atoms with E-state index in [0.29, 0.717) is 38.8 Å². The number of carbonyl (C=O) groups is 2. The molecule has 0 radical (unpaired) electrons. The van der Waals surface area contributed by atoms with Gasteiger partial charge in [-0.15, -0.1) is 0 Å². The largest absolute Gasteiger partial charge is 0.443 e. The number of ether oxygens (including phenoxy) is 1. The molecule has 0 bridgehead atoms. The second kappa shape index (κ2) is 7.39. The topological polar surface area (TPSA) is 107 Å². The Morgan fingerprint density at radius 1 is 1.12 bits per heavy atom. The van der Waals surface area contributed by atoms with Crippen LogP contribution in [-0.2, 0) is 21.1 Å². The molecule has 174 valence electrons. The van der Waals surface area contributed by atoms with E-state index in [2.05, 4.69) is 10.3 Å².